The van der Waals surface area contributed by atoms with Gasteiger partial charge in [0.25, 0.3) is 5.91 Å². The van der Waals surface area contributed by atoms with E-state index in [0.29, 0.717) is 0 Å². The third kappa shape index (κ3) is 2.93. The number of amides is 1. The summed E-state index contributed by atoms with van der Waals surface area (Å²) in [5.41, 5.74) is 2.28. The molecule has 4 rings (SSSR count). The van der Waals surface area contributed by atoms with Crippen molar-refractivity contribution in [3.05, 3.63) is 70.1 Å². The number of nitrogens with zero attached hydrogens (tertiary/aromatic N) is 3. The average molecular weight is 382 g/mol. The van der Waals surface area contributed by atoms with Gasteiger partial charge in [0, 0.05) is 19.0 Å². The number of aliphatic imine (C=N–C) groups is 1. The highest BCUT2D eigenvalue weighted by molar-refractivity contribution is 8.19. The summed E-state index contributed by atoms with van der Waals surface area (Å²) in [4.78, 5) is 23.3. The molecule has 0 saturated carbocycles. The second-order valence-electron chi connectivity index (χ2n) is 6.23. The van der Waals surface area contributed by atoms with E-state index < -0.39 is 0 Å². The van der Waals surface area contributed by atoms with Gasteiger partial charge in [-0.25, -0.2) is 0 Å². The quantitative estimate of drug-likeness (QED) is 0.705. The maximum absolute atomic E-state index is 12.8. The first-order valence-electron chi connectivity index (χ1n) is 8.40. The molecule has 0 radical (unpaired) electrons. The zero-order chi connectivity index (χ0) is 18.3. The van der Waals surface area contributed by atoms with Crippen molar-refractivity contribution in [2.75, 3.05) is 19.0 Å². The molecular weight excluding hydrogens is 362 g/mol. The Morgan fingerprint density at radius 2 is 1.62 bits per heavy atom. The van der Waals surface area contributed by atoms with Crippen LogP contribution in [0, 0.1) is 0 Å². The normalized spacial score (nSPS) is 22.3. The molecule has 0 bridgehead atoms. The Morgan fingerprint density at radius 3 is 2.35 bits per heavy atom. The van der Waals surface area contributed by atoms with Crippen LogP contribution in [0.3, 0.4) is 0 Å². The molecule has 1 saturated heterocycles. The minimum atomic E-state index is 0.00413. The lowest BCUT2D eigenvalue weighted by atomic mass is 10.1. The van der Waals surface area contributed by atoms with Crippen LogP contribution in [0.15, 0.2) is 74.4 Å². The highest BCUT2D eigenvalue weighted by Crippen LogP contribution is 2.49. The largest absolute Gasteiger partial charge is 0.337 e. The number of hydrogen-bond acceptors (Lipinski definition) is 5. The van der Waals surface area contributed by atoms with Gasteiger partial charge >= 0.3 is 0 Å². The molecule has 1 fully saturated rings. The van der Waals surface area contributed by atoms with Crippen LogP contribution in [0.2, 0.25) is 0 Å². The number of likely N-dealkylation sites (N-methyl/N-ethyl adjacent to an activating group) is 1. The molecule has 2 aromatic carbocycles. The van der Waals surface area contributed by atoms with Gasteiger partial charge in [-0.05, 0) is 36.4 Å². The van der Waals surface area contributed by atoms with Crippen LogP contribution in [0.1, 0.15) is 18.5 Å². The molecule has 26 heavy (non-hydrogen) atoms. The third-order valence-corrected chi connectivity index (χ3v) is 7.00. The smallest absolute Gasteiger partial charge is 0.269 e. The highest BCUT2D eigenvalue weighted by Gasteiger charge is 2.37. The highest BCUT2D eigenvalue weighted by atomic mass is 32.2. The lowest BCUT2D eigenvalue weighted by Gasteiger charge is -2.14. The number of carbonyl (C=O) groups is 1. The summed E-state index contributed by atoms with van der Waals surface area (Å²) in [6.07, 6.45) is 0. The predicted octanol–water partition coefficient (Wildman–Crippen LogP) is 4.72. The number of hydrogen-bond donors (Lipinski definition) is 0. The van der Waals surface area contributed by atoms with E-state index in [-0.39, 0.29) is 11.9 Å². The van der Waals surface area contributed by atoms with E-state index in [1.54, 1.807) is 23.7 Å². The summed E-state index contributed by atoms with van der Waals surface area (Å²) in [7, 11) is 3.81. The van der Waals surface area contributed by atoms with E-state index in [1.807, 2.05) is 37.4 Å². The molecular formula is C20H19N3OS2. The van der Waals surface area contributed by atoms with Crippen LogP contribution in [0.25, 0.3) is 0 Å². The fraction of sp³-hybridized carbons (Fsp3) is 0.200. The van der Waals surface area contributed by atoms with Gasteiger partial charge in [0.1, 0.15) is 4.91 Å². The predicted molar refractivity (Wildman–Crippen MR) is 110 cm³/mol. The van der Waals surface area contributed by atoms with E-state index in [2.05, 4.69) is 36.1 Å². The molecule has 4 nitrogen and oxygen atoms in total. The maximum atomic E-state index is 12.8. The lowest BCUT2D eigenvalue weighted by Crippen LogP contribution is -2.25. The number of amidine groups is 1. The van der Waals surface area contributed by atoms with Crippen LogP contribution in [-0.4, -0.2) is 30.1 Å². The van der Waals surface area contributed by atoms with Crippen LogP contribution in [0.5, 0.6) is 0 Å². The first kappa shape index (κ1) is 17.2. The minimum Gasteiger partial charge on any atom is -0.337 e. The van der Waals surface area contributed by atoms with Crippen molar-refractivity contribution in [1.82, 2.24) is 4.90 Å². The molecule has 2 heterocycles. The molecule has 132 valence electrons. The van der Waals surface area contributed by atoms with Gasteiger partial charge in [-0.1, -0.05) is 54.2 Å². The molecule has 0 aromatic heterocycles. The third-order valence-electron chi connectivity index (χ3n) is 4.50. The number of anilines is 1. The SMILES string of the molecule is C[C@@H](N=C1S/C(=C2\Sc3ccccc3N2C)C(=O)N1C)c1ccccc1. The second kappa shape index (κ2) is 6.85. The number of thioether (sulfide) groups is 2. The summed E-state index contributed by atoms with van der Waals surface area (Å²) in [5.74, 6) is 0.0103. The summed E-state index contributed by atoms with van der Waals surface area (Å²) in [6.45, 7) is 2.05. The average Bonchev–Trinajstić information content (AvgIpc) is 3.14. The second-order valence-corrected chi connectivity index (χ2v) is 8.24. The first-order valence-corrected chi connectivity index (χ1v) is 10.0. The van der Waals surface area contributed by atoms with Crippen molar-refractivity contribution in [1.29, 1.82) is 0 Å². The van der Waals surface area contributed by atoms with Gasteiger partial charge < -0.3 is 4.90 Å². The van der Waals surface area contributed by atoms with Gasteiger partial charge in [-0.3, -0.25) is 14.7 Å². The van der Waals surface area contributed by atoms with Gasteiger partial charge in [0.15, 0.2) is 5.17 Å². The number of benzene rings is 2. The summed E-state index contributed by atoms with van der Waals surface area (Å²) in [5, 5.41) is 1.73. The van der Waals surface area contributed by atoms with E-state index in [0.717, 1.165) is 26.4 Å². The molecule has 1 atom stereocenters. The zero-order valence-corrected chi connectivity index (χ0v) is 16.5. The van der Waals surface area contributed by atoms with E-state index in [9.17, 15) is 4.79 Å². The zero-order valence-electron chi connectivity index (χ0n) is 14.8. The van der Waals surface area contributed by atoms with Crippen molar-refractivity contribution < 1.29 is 4.79 Å². The standard InChI is InChI=1S/C20H19N3OS2/c1-13(14-9-5-4-6-10-14)21-20-23(3)18(24)17(26-20)19-22(2)15-11-7-8-12-16(15)25-19/h4-13H,1-3H3/b19-17-,21-20?/t13-/m1/s1. The van der Waals surface area contributed by atoms with Gasteiger partial charge in [-0.2, -0.15) is 0 Å². The van der Waals surface area contributed by atoms with Crippen LogP contribution < -0.4 is 4.90 Å². The Labute approximate surface area is 162 Å². The van der Waals surface area contributed by atoms with Crippen molar-refractivity contribution in [3.8, 4) is 0 Å². The van der Waals surface area contributed by atoms with E-state index >= 15 is 0 Å². The molecule has 0 spiro atoms. The number of carbonyl (C=O) groups excluding carboxylic acids is 1. The number of fused-ring (bicyclic) bond motifs is 1. The van der Waals surface area contributed by atoms with Crippen LogP contribution in [0.4, 0.5) is 5.69 Å². The lowest BCUT2D eigenvalue weighted by molar-refractivity contribution is -0.121. The Hall–Kier alpha value is -2.18. The fourth-order valence-corrected chi connectivity index (χ4v) is 5.36. The minimum absolute atomic E-state index is 0.00413. The summed E-state index contributed by atoms with van der Waals surface area (Å²) in [6, 6.07) is 18.4. The number of para-hydroxylation sites is 1. The molecule has 6 heteroatoms. The van der Waals surface area contributed by atoms with Crippen molar-refractivity contribution >= 4 is 40.3 Å². The summed E-state index contributed by atoms with van der Waals surface area (Å²) >= 11 is 3.11. The first-order chi connectivity index (χ1) is 12.6. The van der Waals surface area contributed by atoms with Gasteiger partial charge in [0.2, 0.25) is 0 Å². The molecule has 2 aromatic rings. The molecule has 0 N–H and O–H groups in total. The van der Waals surface area contributed by atoms with Crippen LogP contribution >= 0.6 is 23.5 Å². The topological polar surface area (TPSA) is 35.9 Å². The monoisotopic (exact) mass is 381 g/mol. The molecule has 0 aliphatic carbocycles. The van der Waals surface area contributed by atoms with Gasteiger partial charge in [-0.15, -0.1) is 0 Å². The Morgan fingerprint density at radius 1 is 0.923 bits per heavy atom. The Bertz CT molecular complexity index is 924. The Balaban J connectivity index is 1.65. The van der Waals surface area contributed by atoms with E-state index in [4.69, 9.17) is 4.99 Å². The molecule has 0 unspecified atom stereocenters. The maximum Gasteiger partial charge on any atom is 0.269 e. The van der Waals surface area contributed by atoms with E-state index in [1.165, 1.54) is 16.7 Å². The Kier molecular flexibility index (Phi) is 4.54. The van der Waals surface area contributed by atoms with Crippen molar-refractivity contribution in [2.45, 2.75) is 17.9 Å². The molecule has 2 aliphatic heterocycles. The number of rotatable bonds is 2. The van der Waals surface area contributed by atoms with Crippen LogP contribution in [-0.2, 0) is 4.79 Å². The molecule has 1 amide bonds. The fourth-order valence-electron chi connectivity index (χ4n) is 2.96. The van der Waals surface area contributed by atoms with Crippen molar-refractivity contribution in [2.24, 2.45) is 4.99 Å². The molecule has 2 aliphatic rings. The van der Waals surface area contributed by atoms with Gasteiger partial charge in [0.05, 0.1) is 16.8 Å². The summed E-state index contributed by atoms with van der Waals surface area (Å²) < 4.78 is 0. The van der Waals surface area contributed by atoms with Crippen molar-refractivity contribution in [3.63, 3.8) is 0 Å².